The number of nitrogens with one attached hydrogen (secondary N) is 1. The van der Waals surface area contributed by atoms with Gasteiger partial charge in [0.15, 0.2) is 0 Å². The number of ether oxygens (including phenoxy) is 1. The maximum atomic E-state index is 12.4. The summed E-state index contributed by atoms with van der Waals surface area (Å²) in [6, 6.07) is 7.21. The summed E-state index contributed by atoms with van der Waals surface area (Å²) in [5.74, 6) is 0.303. The van der Waals surface area contributed by atoms with Gasteiger partial charge in [-0.25, -0.2) is 12.7 Å². The molecule has 0 aliphatic carbocycles. The SMILES string of the molecule is CCOc1cccc(NC(=O)C2CCCN(S(=O)(=O)CC)C2)c1. The van der Waals surface area contributed by atoms with Crippen LogP contribution < -0.4 is 10.1 Å². The molecule has 1 aromatic rings. The Labute approximate surface area is 137 Å². The minimum absolute atomic E-state index is 0.0672. The molecule has 7 heteroatoms. The summed E-state index contributed by atoms with van der Waals surface area (Å²) in [5.41, 5.74) is 0.663. The molecule has 0 spiro atoms. The van der Waals surface area contributed by atoms with E-state index in [4.69, 9.17) is 4.74 Å². The van der Waals surface area contributed by atoms with Crippen molar-refractivity contribution in [1.29, 1.82) is 0 Å². The Kier molecular flexibility index (Phi) is 6.01. The quantitative estimate of drug-likeness (QED) is 0.860. The average molecular weight is 340 g/mol. The van der Waals surface area contributed by atoms with Crippen LogP contribution in [0, 0.1) is 5.92 Å². The van der Waals surface area contributed by atoms with Crippen molar-refractivity contribution in [2.75, 3.05) is 30.8 Å². The highest BCUT2D eigenvalue weighted by molar-refractivity contribution is 7.89. The molecule has 1 aliphatic heterocycles. The molecule has 1 atom stereocenters. The molecule has 6 nitrogen and oxygen atoms in total. The zero-order chi connectivity index (χ0) is 16.9. The molecule has 0 aromatic heterocycles. The number of anilines is 1. The lowest BCUT2D eigenvalue weighted by atomic mass is 9.98. The van der Waals surface area contributed by atoms with Gasteiger partial charge in [-0.3, -0.25) is 4.79 Å². The first-order chi connectivity index (χ1) is 11.0. The fourth-order valence-electron chi connectivity index (χ4n) is 2.67. The molecule has 1 N–H and O–H groups in total. The van der Waals surface area contributed by atoms with Gasteiger partial charge in [0.2, 0.25) is 15.9 Å². The number of benzene rings is 1. The highest BCUT2D eigenvalue weighted by Crippen LogP contribution is 2.23. The number of carbonyl (C=O) groups is 1. The molecule has 1 aromatic carbocycles. The van der Waals surface area contributed by atoms with Crippen LogP contribution in [0.1, 0.15) is 26.7 Å². The maximum absolute atomic E-state index is 12.4. The smallest absolute Gasteiger partial charge is 0.228 e. The second-order valence-electron chi connectivity index (χ2n) is 5.55. The third kappa shape index (κ3) is 4.68. The maximum Gasteiger partial charge on any atom is 0.228 e. The van der Waals surface area contributed by atoms with E-state index in [1.807, 2.05) is 19.1 Å². The lowest BCUT2D eigenvalue weighted by Gasteiger charge is -2.30. The fourth-order valence-corrected chi connectivity index (χ4v) is 3.85. The Balaban J connectivity index is 2.01. The Morgan fingerprint density at radius 1 is 1.39 bits per heavy atom. The van der Waals surface area contributed by atoms with Crippen molar-refractivity contribution in [1.82, 2.24) is 4.31 Å². The van der Waals surface area contributed by atoms with E-state index in [0.717, 1.165) is 0 Å². The van der Waals surface area contributed by atoms with Crippen molar-refractivity contribution in [2.24, 2.45) is 5.92 Å². The second-order valence-corrected chi connectivity index (χ2v) is 7.81. The third-order valence-electron chi connectivity index (χ3n) is 3.93. The van der Waals surface area contributed by atoms with Gasteiger partial charge in [0, 0.05) is 24.8 Å². The summed E-state index contributed by atoms with van der Waals surface area (Å²) < 4.78 is 30.8. The van der Waals surface area contributed by atoms with Gasteiger partial charge in [-0.05, 0) is 38.8 Å². The van der Waals surface area contributed by atoms with Crippen molar-refractivity contribution in [3.63, 3.8) is 0 Å². The molecule has 0 saturated carbocycles. The number of nitrogens with zero attached hydrogens (tertiary/aromatic N) is 1. The van der Waals surface area contributed by atoms with Gasteiger partial charge in [-0.2, -0.15) is 0 Å². The molecule has 0 bridgehead atoms. The Morgan fingerprint density at radius 2 is 2.17 bits per heavy atom. The number of carbonyl (C=O) groups excluding carboxylic acids is 1. The second kappa shape index (κ2) is 7.79. The van der Waals surface area contributed by atoms with Crippen LogP contribution >= 0.6 is 0 Å². The first-order valence-electron chi connectivity index (χ1n) is 7.97. The van der Waals surface area contributed by atoms with Crippen LogP contribution in [-0.4, -0.2) is 44.1 Å². The molecule has 1 fully saturated rings. The van der Waals surface area contributed by atoms with E-state index in [1.165, 1.54) is 4.31 Å². The summed E-state index contributed by atoms with van der Waals surface area (Å²) in [6.45, 7) is 4.84. The predicted octanol–water partition coefficient (Wildman–Crippen LogP) is 2.09. The van der Waals surface area contributed by atoms with Gasteiger partial charge in [-0.15, -0.1) is 0 Å². The predicted molar refractivity (Wildman–Crippen MR) is 90.0 cm³/mol. The molecule has 1 aliphatic rings. The number of sulfonamides is 1. The molecule has 1 heterocycles. The van der Waals surface area contributed by atoms with Crippen LogP contribution in [0.3, 0.4) is 0 Å². The monoisotopic (exact) mass is 340 g/mol. The van der Waals surface area contributed by atoms with Crippen molar-refractivity contribution in [3.05, 3.63) is 24.3 Å². The number of amides is 1. The molecule has 1 amide bonds. The Hall–Kier alpha value is -1.60. The standard InChI is InChI=1S/C16H24N2O4S/c1-3-22-15-9-5-8-14(11-15)17-16(19)13-7-6-10-18(12-13)23(20,21)4-2/h5,8-9,11,13H,3-4,6-7,10,12H2,1-2H3,(H,17,19). The fraction of sp³-hybridized carbons (Fsp3) is 0.562. The Bertz CT molecular complexity index is 645. The summed E-state index contributed by atoms with van der Waals surface area (Å²) in [5, 5.41) is 2.86. The van der Waals surface area contributed by atoms with E-state index in [-0.39, 0.29) is 24.1 Å². The van der Waals surface area contributed by atoms with E-state index >= 15 is 0 Å². The van der Waals surface area contributed by atoms with Crippen LogP contribution in [0.4, 0.5) is 5.69 Å². The van der Waals surface area contributed by atoms with Crippen LogP contribution in [0.5, 0.6) is 5.75 Å². The molecule has 1 saturated heterocycles. The number of piperidine rings is 1. The third-order valence-corrected chi connectivity index (χ3v) is 5.77. The summed E-state index contributed by atoms with van der Waals surface area (Å²) in [7, 11) is -3.24. The minimum Gasteiger partial charge on any atom is -0.494 e. The minimum atomic E-state index is -3.24. The molecule has 128 valence electrons. The van der Waals surface area contributed by atoms with Gasteiger partial charge in [0.25, 0.3) is 0 Å². The van der Waals surface area contributed by atoms with Crippen LogP contribution in [-0.2, 0) is 14.8 Å². The first kappa shape index (κ1) is 17.7. The summed E-state index contributed by atoms with van der Waals surface area (Å²) in [4.78, 5) is 12.4. The van der Waals surface area contributed by atoms with E-state index in [1.54, 1.807) is 19.1 Å². The first-order valence-corrected chi connectivity index (χ1v) is 9.58. The van der Waals surface area contributed by atoms with Crippen molar-refractivity contribution < 1.29 is 17.9 Å². The molecule has 0 radical (unpaired) electrons. The average Bonchev–Trinajstić information content (AvgIpc) is 2.55. The topological polar surface area (TPSA) is 75.7 Å². The zero-order valence-corrected chi connectivity index (χ0v) is 14.4. The van der Waals surface area contributed by atoms with Crippen molar-refractivity contribution >= 4 is 21.6 Å². The lowest BCUT2D eigenvalue weighted by Crippen LogP contribution is -2.44. The van der Waals surface area contributed by atoms with E-state index in [9.17, 15) is 13.2 Å². The van der Waals surface area contributed by atoms with Gasteiger partial charge in [-0.1, -0.05) is 6.07 Å². The number of rotatable bonds is 6. The van der Waals surface area contributed by atoms with E-state index in [0.29, 0.717) is 37.4 Å². The zero-order valence-electron chi connectivity index (χ0n) is 13.6. The normalized spacial score (nSPS) is 19.3. The highest BCUT2D eigenvalue weighted by atomic mass is 32.2. The largest absolute Gasteiger partial charge is 0.494 e. The van der Waals surface area contributed by atoms with E-state index in [2.05, 4.69) is 5.32 Å². The van der Waals surface area contributed by atoms with Crippen LogP contribution in [0.15, 0.2) is 24.3 Å². The number of hydrogen-bond acceptors (Lipinski definition) is 4. The summed E-state index contributed by atoms with van der Waals surface area (Å²) in [6.07, 6.45) is 1.41. The lowest BCUT2D eigenvalue weighted by molar-refractivity contribution is -0.120. The number of hydrogen-bond donors (Lipinski definition) is 1. The molecule has 23 heavy (non-hydrogen) atoms. The molecule has 1 unspecified atom stereocenters. The van der Waals surface area contributed by atoms with Gasteiger partial charge in [0.05, 0.1) is 18.3 Å². The molecular weight excluding hydrogens is 316 g/mol. The van der Waals surface area contributed by atoms with Crippen LogP contribution in [0.2, 0.25) is 0 Å². The summed E-state index contributed by atoms with van der Waals surface area (Å²) >= 11 is 0. The van der Waals surface area contributed by atoms with Gasteiger partial charge < -0.3 is 10.1 Å². The Morgan fingerprint density at radius 3 is 2.87 bits per heavy atom. The van der Waals surface area contributed by atoms with Gasteiger partial charge in [0.1, 0.15) is 5.75 Å². The van der Waals surface area contributed by atoms with E-state index < -0.39 is 10.0 Å². The highest BCUT2D eigenvalue weighted by Gasteiger charge is 2.31. The van der Waals surface area contributed by atoms with Gasteiger partial charge >= 0.3 is 0 Å². The van der Waals surface area contributed by atoms with Crippen molar-refractivity contribution in [3.8, 4) is 5.75 Å². The molecular formula is C16H24N2O4S. The van der Waals surface area contributed by atoms with Crippen molar-refractivity contribution in [2.45, 2.75) is 26.7 Å². The van der Waals surface area contributed by atoms with Crippen LogP contribution in [0.25, 0.3) is 0 Å². The molecule has 2 rings (SSSR count).